The highest BCUT2D eigenvalue weighted by molar-refractivity contribution is 5.97. The Kier molecular flexibility index (Phi) is 17.3. The van der Waals surface area contributed by atoms with Gasteiger partial charge in [-0.1, -0.05) is 199 Å². The molecule has 0 saturated carbocycles. The SMILES string of the molecule is C=C/C(=C\C)c1cc(-c2ccccc2)c2c(c1)C(C)(C)c1ccc(-c3cccc(CCC)c3)cc1-2.C=C1/C=C(c2ccc(C)cc2)\C=C/OC2=C1CCCC2.CC.CC1=CC=C(c2ccc3oc4c(c3c2)C=CCC4)CC1. The average Bonchev–Trinajstić information content (AvgIpc) is 4.10. The van der Waals surface area contributed by atoms with Crippen LogP contribution in [0.25, 0.3) is 67.1 Å². The summed E-state index contributed by atoms with van der Waals surface area (Å²) in [6.45, 7) is 25.7. The molecule has 0 saturated heterocycles. The highest BCUT2D eigenvalue weighted by atomic mass is 16.5. The van der Waals surface area contributed by atoms with E-state index in [-0.39, 0.29) is 5.41 Å². The van der Waals surface area contributed by atoms with Crippen molar-refractivity contribution < 1.29 is 9.15 Å². The molecule has 6 aromatic carbocycles. The van der Waals surface area contributed by atoms with Gasteiger partial charge in [-0.2, -0.15) is 0 Å². The third-order valence-electron chi connectivity index (χ3n) is 15.9. The van der Waals surface area contributed by atoms with Crippen molar-refractivity contribution in [3.05, 3.63) is 262 Å². The summed E-state index contributed by atoms with van der Waals surface area (Å²) in [5, 5.41) is 1.26. The molecular formula is C75H78O2. The van der Waals surface area contributed by atoms with Crippen LogP contribution < -0.4 is 0 Å². The van der Waals surface area contributed by atoms with Crippen molar-refractivity contribution >= 4 is 33.8 Å². The summed E-state index contributed by atoms with van der Waals surface area (Å²) in [5.74, 6) is 2.25. The molecule has 0 radical (unpaired) electrons. The number of hydrogen-bond acceptors (Lipinski definition) is 2. The molecule has 4 aliphatic carbocycles. The van der Waals surface area contributed by atoms with Gasteiger partial charge in [0.25, 0.3) is 0 Å². The van der Waals surface area contributed by atoms with E-state index < -0.39 is 0 Å². The Morgan fingerprint density at radius 3 is 2.19 bits per heavy atom. The number of rotatable bonds is 8. The quantitative estimate of drug-likeness (QED) is 0.142. The molecule has 7 aromatic rings. The van der Waals surface area contributed by atoms with Crippen LogP contribution in [0.1, 0.15) is 150 Å². The number of hydrogen-bond donors (Lipinski definition) is 0. The molecule has 0 fully saturated rings. The van der Waals surface area contributed by atoms with E-state index in [9.17, 15) is 0 Å². The van der Waals surface area contributed by atoms with Gasteiger partial charge in [0.15, 0.2) is 0 Å². The van der Waals surface area contributed by atoms with Crippen LogP contribution in [-0.2, 0) is 23.0 Å². The third-order valence-corrected chi connectivity index (χ3v) is 15.9. The third kappa shape index (κ3) is 11.8. The first-order valence-electron chi connectivity index (χ1n) is 28.4. The maximum atomic E-state index is 5.97. The highest BCUT2D eigenvalue weighted by Gasteiger charge is 2.38. The van der Waals surface area contributed by atoms with Crippen LogP contribution in [0.2, 0.25) is 0 Å². The zero-order valence-electron chi connectivity index (χ0n) is 47.1. The molecule has 1 aliphatic heterocycles. The van der Waals surface area contributed by atoms with Gasteiger partial charge in [-0.15, -0.1) is 0 Å². The molecule has 1 aromatic heterocycles. The fourth-order valence-electron chi connectivity index (χ4n) is 11.6. The van der Waals surface area contributed by atoms with Crippen LogP contribution in [0.4, 0.5) is 0 Å². The fraction of sp³-hybridized carbons (Fsp3) is 0.253. The molecule has 2 heteroatoms. The molecule has 2 nitrogen and oxygen atoms in total. The van der Waals surface area contributed by atoms with Crippen LogP contribution in [-0.4, -0.2) is 0 Å². The molecular weight excluding hydrogens is 933 g/mol. The van der Waals surface area contributed by atoms with Crippen molar-refractivity contribution in [3.8, 4) is 33.4 Å². The van der Waals surface area contributed by atoms with E-state index in [1.807, 2.05) is 32.3 Å². The summed E-state index contributed by atoms with van der Waals surface area (Å²) in [5.41, 5.74) is 27.0. The zero-order valence-corrected chi connectivity index (χ0v) is 47.1. The monoisotopic (exact) mass is 1010 g/mol. The van der Waals surface area contributed by atoms with Crippen LogP contribution in [0.15, 0.2) is 216 Å². The van der Waals surface area contributed by atoms with Crippen LogP contribution in [0.3, 0.4) is 0 Å². The molecule has 77 heavy (non-hydrogen) atoms. The van der Waals surface area contributed by atoms with E-state index >= 15 is 0 Å². The maximum absolute atomic E-state index is 5.97. The van der Waals surface area contributed by atoms with Crippen LogP contribution in [0.5, 0.6) is 0 Å². The average molecular weight is 1010 g/mol. The molecule has 0 unspecified atom stereocenters. The molecule has 0 spiro atoms. The lowest BCUT2D eigenvalue weighted by molar-refractivity contribution is 0.313. The molecule has 0 N–H and O–H groups in total. The second-order valence-electron chi connectivity index (χ2n) is 21.4. The van der Waals surface area contributed by atoms with Crippen molar-refractivity contribution in [3.63, 3.8) is 0 Å². The predicted octanol–water partition coefficient (Wildman–Crippen LogP) is 21.7. The number of fused-ring (bicyclic) bond motifs is 6. The van der Waals surface area contributed by atoms with E-state index in [4.69, 9.17) is 9.15 Å². The van der Waals surface area contributed by atoms with E-state index in [0.717, 1.165) is 73.2 Å². The summed E-state index contributed by atoms with van der Waals surface area (Å²) in [4.78, 5) is 0. The minimum absolute atomic E-state index is 0.0766. The first-order valence-corrected chi connectivity index (χ1v) is 28.4. The van der Waals surface area contributed by atoms with Crippen molar-refractivity contribution in [1.29, 1.82) is 0 Å². The number of aryl methyl sites for hydroxylation is 3. The van der Waals surface area contributed by atoms with Gasteiger partial charge in [0, 0.05) is 29.2 Å². The number of allylic oxidation sites excluding steroid dienone is 14. The topological polar surface area (TPSA) is 22.4 Å². The second kappa shape index (κ2) is 24.5. The van der Waals surface area contributed by atoms with Crippen molar-refractivity contribution in [1.82, 2.24) is 0 Å². The Hall–Kier alpha value is -7.68. The van der Waals surface area contributed by atoms with Crippen LogP contribution >= 0.6 is 0 Å². The summed E-state index contributed by atoms with van der Waals surface area (Å²) in [7, 11) is 0. The smallest absolute Gasteiger partial charge is 0.134 e. The van der Waals surface area contributed by atoms with Gasteiger partial charge in [0.1, 0.15) is 17.1 Å². The van der Waals surface area contributed by atoms with E-state index in [0.29, 0.717) is 0 Å². The van der Waals surface area contributed by atoms with Crippen molar-refractivity contribution in [2.45, 2.75) is 125 Å². The van der Waals surface area contributed by atoms with Gasteiger partial charge in [-0.05, 0) is 203 Å². The Balaban J connectivity index is 0.000000147. The first-order chi connectivity index (χ1) is 37.5. The summed E-state index contributed by atoms with van der Waals surface area (Å²) in [6, 6.07) is 46.9. The molecule has 0 amide bonds. The Morgan fingerprint density at radius 1 is 0.688 bits per heavy atom. The van der Waals surface area contributed by atoms with Gasteiger partial charge in [0.05, 0.1) is 6.26 Å². The molecule has 12 rings (SSSR count). The van der Waals surface area contributed by atoms with Gasteiger partial charge < -0.3 is 9.15 Å². The minimum Gasteiger partial charge on any atom is -0.469 e. The Morgan fingerprint density at radius 2 is 1.44 bits per heavy atom. The molecule has 390 valence electrons. The van der Waals surface area contributed by atoms with E-state index in [1.165, 1.54) is 125 Å². The molecule has 5 aliphatic rings. The maximum Gasteiger partial charge on any atom is 0.134 e. The highest BCUT2D eigenvalue weighted by Crippen LogP contribution is 2.54. The first kappa shape index (κ1) is 54.1. The summed E-state index contributed by atoms with van der Waals surface area (Å²) < 4.78 is 11.8. The lowest BCUT2D eigenvalue weighted by Gasteiger charge is -2.23. The summed E-state index contributed by atoms with van der Waals surface area (Å²) in [6.07, 6.45) is 30.4. The molecule has 2 heterocycles. The minimum atomic E-state index is -0.0766. The standard InChI is InChI=1S/C35H34.C19H18O.C19H20O.C2H6/c1-6-13-24-14-12-17-27(20-24)28-18-19-32-31(21-28)34-30(26-15-10-9-11-16-26)22-29(25(7-2)8-3)23-33(34)35(32,4)5;1-13-6-8-14(9-7-13)15-10-11-19-17(12-15)16-4-2-3-5-18(16)20-19;1-14-7-9-16(10-8-14)17-11-12-20-19-6-4-3-5-18(19)15(2)13-17;1-2/h7-12,14-23H,2,6,13H2,1,3-5H3;2,4,6,8,10-12H,3,5,7,9H2,1H3;7-13H,2-6H2,1H3;1-2H3/b25-8+;;12-11-,17-13+;. The van der Waals surface area contributed by atoms with Crippen LogP contribution in [0, 0.1) is 6.92 Å². The molecule has 0 bridgehead atoms. The largest absolute Gasteiger partial charge is 0.469 e. The van der Waals surface area contributed by atoms with Gasteiger partial charge in [-0.3, -0.25) is 0 Å². The van der Waals surface area contributed by atoms with Gasteiger partial charge in [0.2, 0.25) is 0 Å². The fourth-order valence-corrected chi connectivity index (χ4v) is 11.6. The van der Waals surface area contributed by atoms with E-state index in [1.54, 1.807) is 0 Å². The lowest BCUT2D eigenvalue weighted by atomic mass is 9.80. The van der Waals surface area contributed by atoms with Gasteiger partial charge in [-0.25, -0.2) is 0 Å². The molecule has 0 atom stereocenters. The van der Waals surface area contributed by atoms with Crippen molar-refractivity contribution in [2.75, 3.05) is 0 Å². The summed E-state index contributed by atoms with van der Waals surface area (Å²) >= 11 is 0. The van der Waals surface area contributed by atoms with E-state index in [2.05, 4.69) is 219 Å². The zero-order chi connectivity index (χ0) is 54.1. The normalized spacial score (nSPS) is 17.0. The van der Waals surface area contributed by atoms with Crippen molar-refractivity contribution in [2.24, 2.45) is 0 Å². The lowest BCUT2D eigenvalue weighted by Crippen LogP contribution is -2.15. The number of ether oxygens (including phenoxy) is 1. The number of furan rings is 1. The predicted molar refractivity (Wildman–Crippen MR) is 333 cm³/mol. The number of benzene rings is 6. The second-order valence-corrected chi connectivity index (χ2v) is 21.4. The van der Waals surface area contributed by atoms with Gasteiger partial charge >= 0.3 is 0 Å². The Bertz CT molecular complexity index is 3530. The Labute approximate surface area is 461 Å².